The van der Waals surface area contributed by atoms with Crippen LogP contribution in [0.2, 0.25) is 0 Å². The lowest BCUT2D eigenvalue weighted by Gasteiger charge is -2.38. The number of carboxylic acid groups (broad SMARTS) is 1. The summed E-state index contributed by atoms with van der Waals surface area (Å²) in [4.78, 5) is 22.5. The summed E-state index contributed by atoms with van der Waals surface area (Å²) in [5.41, 5.74) is 4.43. The van der Waals surface area contributed by atoms with Crippen LogP contribution in [0, 0.1) is 38.5 Å². The van der Waals surface area contributed by atoms with Crippen molar-refractivity contribution in [2.45, 2.75) is 157 Å². The van der Waals surface area contributed by atoms with Gasteiger partial charge in [-0.3, -0.25) is 9.59 Å². The molecule has 246 valence electrons. The summed E-state index contributed by atoms with van der Waals surface area (Å²) >= 11 is 0. The first-order chi connectivity index (χ1) is 20.3. The van der Waals surface area contributed by atoms with Crippen LogP contribution in [0.5, 0.6) is 11.5 Å². The minimum absolute atomic E-state index is 0.0765. The first kappa shape index (κ1) is 36.9. The van der Waals surface area contributed by atoms with Crippen molar-refractivity contribution in [3.63, 3.8) is 0 Å². The second-order valence-corrected chi connectivity index (χ2v) is 14.1. The summed E-state index contributed by atoms with van der Waals surface area (Å²) in [6.45, 7) is 18.5. The molecule has 0 aromatic heterocycles. The molecule has 0 amide bonds. The van der Waals surface area contributed by atoms with Gasteiger partial charge in [-0.1, -0.05) is 72.6 Å². The van der Waals surface area contributed by atoms with Gasteiger partial charge in [-0.2, -0.15) is 0 Å². The zero-order valence-electron chi connectivity index (χ0n) is 28.7. The van der Waals surface area contributed by atoms with E-state index in [1.54, 1.807) is 0 Å². The molecule has 1 heterocycles. The summed E-state index contributed by atoms with van der Waals surface area (Å²) in [6, 6.07) is 0. The molecule has 0 saturated heterocycles. The van der Waals surface area contributed by atoms with Crippen LogP contribution >= 0.6 is 0 Å². The molecule has 1 N–H and O–H groups in total. The van der Waals surface area contributed by atoms with Gasteiger partial charge in [0.2, 0.25) is 0 Å². The Hall–Kier alpha value is -2.24. The standard InChI is InChI=1S/C37H62O6/c1-26(2)14-11-15-27(3)16-12-17-28(4)18-13-22-37(8)23-21-32-31(7)35(29(5)30(6)36(32)43-37)42-25-24-41-34(40)20-10-9-19-33(38)39/h26-28H,9-25H2,1-8H3,(H,38,39)/t27-,28-,37+/m0/s1. The zero-order chi connectivity index (χ0) is 32.0. The number of fused-ring (bicyclic) bond motifs is 1. The van der Waals surface area contributed by atoms with Crippen LogP contribution in [0.1, 0.15) is 147 Å². The van der Waals surface area contributed by atoms with Crippen molar-refractivity contribution in [2.75, 3.05) is 13.2 Å². The lowest BCUT2D eigenvalue weighted by atomic mass is 9.83. The molecule has 0 saturated carbocycles. The van der Waals surface area contributed by atoms with Gasteiger partial charge in [0, 0.05) is 18.4 Å². The number of benzene rings is 1. The van der Waals surface area contributed by atoms with Crippen molar-refractivity contribution < 1.29 is 28.9 Å². The second-order valence-electron chi connectivity index (χ2n) is 14.1. The highest BCUT2D eigenvalue weighted by atomic mass is 16.6. The summed E-state index contributed by atoms with van der Waals surface area (Å²) in [7, 11) is 0. The predicted molar refractivity (Wildman–Crippen MR) is 175 cm³/mol. The molecule has 2 rings (SSSR count). The molecule has 0 radical (unpaired) electrons. The van der Waals surface area contributed by atoms with Crippen molar-refractivity contribution in [3.8, 4) is 11.5 Å². The van der Waals surface area contributed by atoms with E-state index in [1.807, 2.05) is 0 Å². The van der Waals surface area contributed by atoms with Crippen LogP contribution in [-0.2, 0) is 20.7 Å². The number of rotatable bonds is 21. The molecule has 0 aliphatic carbocycles. The number of hydrogen-bond acceptors (Lipinski definition) is 5. The third-order valence-corrected chi connectivity index (χ3v) is 9.45. The van der Waals surface area contributed by atoms with Crippen LogP contribution < -0.4 is 9.47 Å². The summed E-state index contributed by atoms with van der Waals surface area (Å²) in [6.07, 6.45) is 15.0. The van der Waals surface area contributed by atoms with Crippen LogP contribution in [0.3, 0.4) is 0 Å². The third kappa shape index (κ3) is 13.1. The summed E-state index contributed by atoms with van der Waals surface area (Å²) in [5.74, 6) is 3.19. The maximum Gasteiger partial charge on any atom is 0.305 e. The predicted octanol–water partition coefficient (Wildman–Crippen LogP) is 9.70. The molecular formula is C37H62O6. The number of carboxylic acids is 1. The topological polar surface area (TPSA) is 82.1 Å². The molecule has 6 nitrogen and oxygen atoms in total. The van der Waals surface area contributed by atoms with Crippen LogP contribution in [0.4, 0.5) is 0 Å². The lowest BCUT2D eigenvalue weighted by molar-refractivity contribution is -0.145. The Labute approximate surface area is 262 Å². The quantitative estimate of drug-likeness (QED) is 0.111. The molecule has 1 aliphatic heterocycles. The van der Waals surface area contributed by atoms with E-state index < -0.39 is 5.97 Å². The summed E-state index contributed by atoms with van der Waals surface area (Å²) < 4.78 is 18.2. The highest BCUT2D eigenvalue weighted by Crippen LogP contribution is 2.45. The van der Waals surface area contributed by atoms with Gasteiger partial charge in [-0.15, -0.1) is 0 Å². The molecule has 1 aromatic carbocycles. The Morgan fingerprint density at radius 3 is 2.05 bits per heavy atom. The van der Waals surface area contributed by atoms with E-state index in [0.29, 0.717) is 12.8 Å². The maximum atomic E-state index is 11.9. The second kappa shape index (κ2) is 18.5. The number of carbonyl (C=O) groups is 2. The molecular weight excluding hydrogens is 540 g/mol. The number of aliphatic carboxylic acids is 1. The smallest absolute Gasteiger partial charge is 0.305 e. The zero-order valence-corrected chi connectivity index (χ0v) is 28.7. The van der Waals surface area contributed by atoms with Crippen molar-refractivity contribution >= 4 is 11.9 Å². The van der Waals surface area contributed by atoms with E-state index in [1.165, 1.54) is 56.9 Å². The largest absolute Gasteiger partial charge is 0.489 e. The van der Waals surface area contributed by atoms with Crippen molar-refractivity contribution in [1.29, 1.82) is 0 Å². The van der Waals surface area contributed by atoms with Crippen molar-refractivity contribution in [3.05, 3.63) is 22.3 Å². The van der Waals surface area contributed by atoms with Crippen LogP contribution in [0.25, 0.3) is 0 Å². The Balaban J connectivity index is 1.79. The fraction of sp³-hybridized carbons (Fsp3) is 0.784. The molecule has 1 aliphatic rings. The van der Waals surface area contributed by atoms with E-state index in [9.17, 15) is 9.59 Å². The molecule has 6 heteroatoms. The number of unbranched alkanes of at least 4 members (excludes halogenated alkanes) is 1. The van der Waals surface area contributed by atoms with Crippen LogP contribution in [-0.4, -0.2) is 35.9 Å². The van der Waals surface area contributed by atoms with Gasteiger partial charge in [-0.25, -0.2) is 0 Å². The monoisotopic (exact) mass is 602 g/mol. The van der Waals surface area contributed by atoms with E-state index in [4.69, 9.17) is 19.3 Å². The molecule has 0 bridgehead atoms. The first-order valence-corrected chi connectivity index (χ1v) is 17.1. The molecule has 0 spiro atoms. The first-order valence-electron chi connectivity index (χ1n) is 17.1. The van der Waals surface area contributed by atoms with Crippen molar-refractivity contribution in [2.24, 2.45) is 17.8 Å². The average Bonchev–Trinajstić information content (AvgIpc) is 2.93. The minimum Gasteiger partial charge on any atom is -0.489 e. The molecule has 3 atom stereocenters. The molecule has 1 aromatic rings. The fourth-order valence-electron chi connectivity index (χ4n) is 6.39. The third-order valence-electron chi connectivity index (χ3n) is 9.45. The average molecular weight is 603 g/mol. The van der Waals surface area contributed by atoms with Gasteiger partial charge in [0.1, 0.15) is 30.3 Å². The van der Waals surface area contributed by atoms with Crippen LogP contribution in [0.15, 0.2) is 0 Å². The van der Waals surface area contributed by atoms with E-state index in [-0.39, 0.29) is 37.6 Å². The van der Waals surface area contributed by atoms with E-state index in [2.05, 4.69) is 55.4 Å². The van der Waals surface area contributed by atoms with Gasteiger partial charge < -0.3 is 19.3 Å². The maximum absolute atomic E-state index is 11.9. The minimum atomic E-state index is -0.841. The highest BCUT2D eigenvalue weighted by molar-refractivity contribution is 5.69. The molecule has 0 unspecified atom stereocenters. The Kier molecular flexibility index (Phi) is 15.9. The lowest BCUT2D eigenvalue weighted by Crippen LogP contribution is -2.37. The van der Waals surface area contributed by atoms with E-state index in [0.717, 1.165) is 65.2 Å². The van der Waals surface area contributed by atoms with Crippen molar-refractivity contribution in [1.82, 2.24) is 0 Å². The Morgan fingerprint density at radius 2 is 1.42 bits per heavy atom. The highest BCUT2D eigenvalue weighted by Gasteiger charge is 2.34. The van der Waals surface area contributed by atoms with Gasteiger partial charge in [-0.05, 0) is 101 Å². The van der Waals surface area contributed by atoms with Gasteiger partial charge in [0.25, 0.3) is 0 Å². The van der Waals surface area contributed by atoms with Gasteiger partial charge >= 0.3 is 11.9 Å². The number of carbonyl (C=O) groups excluding carboxylic acids is 1. The van der Waals surface area contributed by atoms with Gasteiger partial charge in [0.05, 0.1) is 0 Å². The molecule has 0 fully saturated rings. The number of hydrogen-bond donors (Lipinski definition) is 1. The van der Waals surface area contributed by atoms with E-state index >= 15 is 0 Å². The Morgan fingerprint density at radius 1 is 0.814 bits per heavy atom. The summed E-state index contributed by atoms with van der Waals surface area (Å²) in [5, 5.41) is 8.70. The molecule has 43 heavy (non-hydrogen) atoms. The van der Waals surface area contributed by atoms with Gasteiger partial charge in [0.15, 0.2) is 0 Å². The Bertz CT molecular complexity index is 1020. The fourth-order valence-corrected chi connectivity index (χ4v) is 6.39. The number of ether oxygens (including phenoxy) is 3. The number of esters is 1. The normalized spacial score (nSPS) is 17.7. The SMILES string of the molecule is Cc1c(C)c2c(c(C)c1OCCOC(=O)CCCCC(=O)O)CC[C@@](C)(CCC[C@@H](C)CCC[C@@H](C)CCCC(C)C)O2.